The van der Waals surface area contributed by atoms with Crippen molar-refractivity contribution in [3.8, 4) is 0 Å². The van der Waals surface area contributed by atoms with E-state index in [1.807, 2.05) is 36.4 Å². The van der Waals surface area contributed by atoms with Crippen LogP contribution >= 0.6 is 12.6 Å². The monoisotopic (exact) mass is 373 g/mol. The highest BCUT2D eigenvalue weighted by Crippen LogP contribution is 2.31. The van der Waals surface area contributed by atoms with Crippen LogP contribution in [0.15, 0.2) is 141 Å². The maximum atomic E-state index is 4.38. The number of rotatable bonds is 3. The number of hydrogen-bond acceptors (Lipinski definition) is 1. The smallest absolute Gasteiger partial charge is 0.143 e. The summed E-state index contributed by atoms with van der Waals surface area (Å²) in [7, 11) is -0.0569. The predicted molar refractivity (Wildman–Crippen MR) is 115 cm³/mol. The summed E-state index contributed by atoms with van der Waals surface area (Å²) in [4.78, 5) is 5.00. The van der Waals surface area contributed by atoms with Gasteiger partial charge < -0.3 is 0 Å². The Morgan fingerprint density at radius 1 is 0.385 bits per heavy atom. The predicted octanol–water partition coefficient (Wildman–Crippen LogP) is 6.76. The third kappa shape index (κ3) is 5.29. The summed E-state index contributed by atoms with van der Waals surface area (Å²) in [6, 6.07) is 41.8. The molecule has 4 rings (SSSR count). The molecular formula is C24H21S2+. The molecule has 4 aromatic rings. The Kier molecular flexibility index (Phi) is 7.00. The van der Waals surface area contributed by atoms with Gasteiger partial charge in [0.2, 0.25) is 0 Å². The molecule has 0 aliphatic heterocycles. The molecule has 0 aliphatic rings. The van der Waals surface area contributed by atoms with E-state index < -0.39 is 0 Å². The molecule has 2 heteroatoms. The van der Waals surface area contributed by atoms with E-state index in [2.05, 4.69) is 97.6 Å². The molecule has 0 atom stereocenters. The lowest BCUT2D eigenvalue weighted by molar-refractivity contribution is 1.29. The minimum atomic E-state index is -0.0569. The van der Waals surface area contributed by atoms with Gasteiger partial charge in [-0.05, 0) is 48.5 Å². The highest BCUT2D eigenvalue weighted by atomic mass is 32.2. The van der Waals surface area contributed by atoms with Crippen LogP contribution in [0.5, 0.6) is 0 Å². The van der Waals surface area contributed by atoms with E-state index in [-0.39, 0.29) is 10.9 Å². The average molecular weight is 374 g/mol. The van der Waals surface area contributed by atoms with E-state index in [1.165, 1.54) is 14.7 Å². The molecule has 0 spiro atoms. The zero-order chi connectivity index (χ0) is 18.0. The van der Waals surface area contributed by atoms with Gasteiger partial charge in [-0.15, -0.1) is 12.6 Å². The minimum absolute atomic E-state index is 0.0569. The quantitative estimate of drug-likeness (QED) is 0.298. The van der Waals surface area contributed by atoms with Gasteiger partial charge in [-0.2, -0.15) is 0 Å². The van der Waals surface area contributed by atoms with Crippen molar-refractivity contribution in [2.45, 2.75) is 19.6 Å². The molecule has 0 radical (unpaired) electrons. The summed E-state index contributed by atoms with van der Waals surface area (Å²) in [6.07, 6.45) is 0. The normalized spacial score (nSPS) is 10.1. The Morgan fingerprint density at radius 2 is 0.692 bits per heavy atom. The first-order valence-corrected chi connectivity index (χ1v) is 10.2. The molecule has 0 heterocycles. The summed E-state index contributed by atoms with van der Waals surface area (Å²) in [5, 5.41) is 0. The number of hydrogen-bond donors (Lipinski definition) is 1. The molecule has 0 amide bonds. The molecule has 0 bridgehead atoms. The van der Waals surface area contributed by atoms with E-state index >= 15 is 0 Å². The van der Waals surface area contributed by atoms with Crippen LogP contribution in [0.2, 0.25) is 0 Å². The van der Waals surface area contributed by atoms with Crippen LogP contribution in [0, 0.1) is 0 Å². The fourth-order valence-electron chi connectivity index (χ4n) is 2.49. The summed E-state index contributed by atoms with van der Waals surface area (Å²) < 4.78 is 0. The molecule has 0 aliphatic carbocycles. The fraction of sp³-hybridized carbons (Fsp3) is 0. The van der Waals surface area contributed by atoms with Crippen molar-refractivity contribution in [2.24, 2.45) is 0 Å². The summed E-state index contributed by atoms with van der Waals surface area (Å²) in [5.41, 5.74) is 0. The van der Waals surface area contributed by atoms with Gasteiger partial charge in [-0.1, -0.05) is 72.8 Å². The molecule has 0 aromatic heterocycles. The highest BCUT2D eigenvalue weighted by molar-refractivity contribution is 7.97. The maximum Gasteiger partial charge on any atom is 0.166 e. The van der Waals surface area contributed by atoms with E-state index in [0.717, 1.165) is 4.90 Å². The molecule has 26 heavy (non-hydrogen) atoms. The zero-order valence-corrected chi connectivity index (χ0v) is 16.1. The van der Waals surface area contributed by atoms with Crippen LogP contribution in [0.3, 0.4) is 0 Å². The number of benzene rings is 4. The lowest BCUT2D eigenvalue weighted by Crippen LogP contribution is -2.04. The third-order valence-corrected chi connectivity index (χ3v) is 6.23. The topological polar surface area (TPSA) is 0 Å². The Hall–Kier alpha value is -2.42. The van der Waals surface area contributed by atoms with Gasteiger partial charge in [0.15, 0.2) is 14.7 Å². The molecular weight excluding hydrogens is 352 g/mol. The van der Waals surface area contributed by atoms with Gasteiger partial charge >= 0.3 is 0 Å². The lowest BCUT2D eigenvalue weighted by atomic mass is 10.4. The van der Waals surface area contributed by atoms with Crippen LogP contribution < -0.4 is 0 Å². The molecule has 0 nitrogen and oxygen atoms in total. The SMILES string of the molecule is Sc1ccc([S+](c2ccccc2)c2ccccc2)cc1.c1ccccc1. The fourth-order valence-corrected chi connectivity index (χ4v) is 4.72. The Labute approximate surface area is 164 Å². The number of thiol groups is 1. The second-order valence-electron chi connectivity index (χ2n) is 5.58. The van der Waals surface area contributed by atoms with Crippen molar-refractivity contribution in [3.05, 3.63) is 121 Å². The molecule has 0 unspecified atom stereocenters. The van der Waals surface area contributed by atoms with Gasteiger partial charge in [0.25, 0.3) is 0 Å². The lowest BCUT2D eigenvalue weighted by Gasteiger charge is -2.07. The van der Waals surface area contributed by atoms with E-state index in [0.29, 0.717) is 0 Å². The molecule has 0 saturated carbocycles. The maximum absolute atomic E-state index is 4.38. The molecule has 4 aromatic carbocycles. The molecule has 0 N–H and O–H groups in total. The van der Waals surface area contributed by atoms with Crippen molar-refractivity contribution >= 4 is 23.5 Å². The van der Waals surface area contributed by atoms with Crippen LogP contribution in [-0.2, 0) is 10.9 Å². The standard InChI is InChI=1S/C18H14S2.C6H6/c19-15-11-13-18(14-12-15)20(16-7-3-1-4-8-16)17-9-5-2-6-10-17;1-2-4-6-5-3-1/h1-14H;1-6H/p+1. The van der Waals surface area contributed by atoms with Crippen molar-refractivity contribution < 1.29 is 0 Å². The van der Waals surface area contributed by atoms with Crippen molar-refractivity contribution in [2.75, 3.05) is 0 Å². The van der Waals surface area contributed by atoms with Crippen LogP contribution in [0.1, 0.15) is 0 Å². The third-order valence-electron chi connectivity index (χ3n) is 3.70. The Morgan fingerprint density at radius 3 is 1.08 bits per heavy atom. The van der Waals surface area contributed by atoms with Crippen LogP contribution in [0.4, 0.5) is 0 Å². The van der Waals surface area contributed by atoms with Gasteiger partial charge in [0.05, 0.1) is 10.9 Å². The van der Waals surface area contributed by atoms with Crippen molar-refractivity contribution in [3.63, 3.8) is 0 Å². The molecule has 0 saturated heterocycles. The second-order valence-corrected chi connectivity index (χ2v) is 8.12. The van der Waals surface area contributed by atoms with E-state index in [4.69, 9.17) is 0 Å². The van der Waals surface area contributed by atoms with Crippen molar-refractivity contribution in [1.82, 2.24) is 0 Å². The van der Waals surface area contributed by atoms with Gasteiger partial charge in [0.1, 0.15) is 0 Å². The van der Waals surface area contributed by atoms with E-state index in [1.54, 1.807) is 0 Å². The second kappa shape index (κ2) is 9.91. The highest BCUT2D eigenvalue weighted by Gasteiger charge is 2.27. The van der Waals surface area contributed by atoms with Crippen LogP contribution in [0.25, 0.3) is 0 Å². The first-order valence-electron chi connectivity index (χ1n) is 8.48. The largest absolute Gasteiger partial charge is 0.166 e. The molecule has 128 valence electrons. The minimum Gasteiger partial charge on any atom is -0.143 e. The van der Waals surface area contributed by atoms with Crippen molar-refractivity contribution in [1.29, 1.82) is 0 Å². The summed E-state index contributed by atoms with van der Waals surface area (Å²) in [5.74, 6) is 0. The van der Waals surface area contributed by atoms with Gasteiger partial charge in [-0.25, -0.2) is 0 Å². The molecule has 0 fully saturated rings. The first kappa shape index (κ1) is 18.4. The van der Waals surface area contributed by atoms with Gasteiger partial charge in [-0.3, -0.25) is 0 Å². The first-order chi connectivity index (χ1) is 12.8. The van der Waals surface area contributed by atoms with E-state index in [9.17, 15) is 0 Å². The average Bonchev–Trinajstić information content (AvgIpc) is 2.73. The Bertz CT molecular complexity index is 807. The van der Waals surface area contributed by atoms with Crippen LogP contribution in [-0.4, -0.2) is 0 Å². The summed E-state index contributed by atoms with van der Waals surface area (Å²) >= 11 is 4.38. The van der Waals surface area contributed by atoms with Gasteiger partial charge in [0, 0.05) is 4.90 Å². The Balaban J connectivity index is 0.000000278. The summed E-state index contributed by atoms with van der Waals surface area (Å²) in [6.45, 7) is 0. The zero-order valence-electron chi connectivity index (χ0n) is 14.4.